The number of hydrogen-bond acceptors (Lipinski definition) is 5. The number of nitrogens with zero attached hydrogens (tertiary/aromatic N) is 3. The predicted octanol–water partition coefficient (Wildman–Crippen LogP) is 1.17. The Morgan fingerprint density at radius 3 is 2.74 bits per heavy atom. The molecule has 164 valence electrons. The molecule has 31 heavy (non-hydrogen) atoms. The number of allylic oxidation sites excluding steroid dienone is 1. The van der Waals surface area contributed by atoms with Crippen molar-refractivity contribution in [3.05, 3.63) is 70.2 Å². The van der Waals surface area contributed by atoms with Crippen LogP contribution in [0.2, 0.25) is 0 Å². The lowest BCUT2D eigenvalue weighted by molar-refractivity contribution is 0.156. The first-order chi connectivity index (χ1) is 14.7. The maximum absolute atomic E-state index is 12.6. The van der Waals surface area contributed by atoms with Crippen LogP contribution in [0.5, 0.6) is 0 Å². The Morgan fingerprint density at radius 1 is 1.13 bits per heavy atom. The minimum absolute atomic E-state index is 0. The third kappa shape index (κ3) is 4.13. The SMILES string of the molecule is O.O=c1[nH]c2cccccc-2c1C1=NC2C=CC(N3CCN(CCCF)CC3)=CC2N1. The summed E-state index contributed by atoms with van der Waals surface area (Å²) in [5.41, 5.74) is 3.39. The lowest BCUT2D eigenvalue weighted by Crippen LogP contribution is -2.47. The molecule has 0 amide bonds. The molecule has 0 spiro atoms. The molecule has 0 aromatic rings. The summed E-state index contributed by atoms with van der Waals surface area (Å²) >= 11 is 0. The van der Waals surface area contributed by atoms with Crippen LogP contribution in [0.15, 0.2) is 64.0 Å². The lowest BCUT2D eigenvalue weighted by Gasteiger charge is -2.37. The van der Waals surface area contributed by atoms with E-state index in [0.29, 0.717) is 17.8 Å². The molecule has 0 radical (unpaired) electrons. The Balaban J connectivity index is 0.00000231. The van der Waals surface area contributed by atoms with Gasteiger partial charge >= 0.3 is 0 Å². The molecule has 1 saturated heterocycles. The van der Waals surface area contributed by atoms with Crippen LogP contribution in [0.1, 0.15) is 12.0 Å². The van der Waals surface area contributed by atoms with Crippen molar-refractivity contribution in [3.8, 4) is 11.3 Å². The number of nitrogens with one attached hydrogen (secondary N) is 2. The molecule has 1 fully saturated rings. The number of aromatic amines is 1. The molecule has 2 atom stereocenters. The monoisotopic (exact) mass is 425 g/mol. The van der Waals surface area contributed by atoms with Gasteiger partial charge in [-0.3, -0.25) is 19.1 Å². The van der Waals surface area contributed by atoms with Gasteiger partial charge in [0, 0.05) is 49.7 Å². The van der Waals surface area contributed by atoms with Gasteiger partial charge in [-0.2, -0.15) is 0 Å². The van der Waals surface area contributed by atoms with Crippen molar-refractivity contribution in [1.82, 2.24) is 20.1 Å². The Kier molecular flexibility index (Phi) is 6.20. The molecule has 0 aromatic carbocycles. The number of H-pyrrole nitrogens is 1. The minimum Gasteiger partial charge on any atom is -0.412 e. The summed E-state index contributed by atoms with van der Waals surface area (Å²) in [6.07, 6.45) is 7.09. The van der Waals surface area contributed by atoms with Crippen molar-refractivity contribution in [1.29, 1.82) is 0 Å². The lowest BCUT2D eigenvalue weighted by atomic mass is 10.0. The molecule has 0 saturated carbocycles. The average molecular weight is 426 g/mol. The number of halogens is 1. The molecule has 3 heterocycles. The average Bonchev–Trinajstić information content (AvgIpc) is 3.23. The summed E-state index contributed by atoms with van der Waals surface area (Å²) in [4.78, 5) is 25.0. The zero-order valence-corrected chi connectivity index (χ0v) is 17.4. The number of piperazine rings is 1. The highest BCUT2D eigenvalue weighted by Crippen LogP contribution is 2.26. The normalized spacial score (nSPS) is 23.1. The number of aliphatic imine (C=N–C) groups is 1. The molecular formula is C23H28FN5O2. The summed E-state index contributed by atoms with van der Waals surface area (Å²) in [7, 11) is 0. The maximum Gasteiger partial charge on any atom is 0.260 e. The molecule has 5 rings (SSSR count). The van der Waals surface area contributed by atoms with E-state index in [-0.39, 0.29) is 29.8 Å². The Morgan fingerprint density at radius 2 is 1.94 bits per heavy atom. The van der Waals surface area contributed by atoms with Crippen LogP contribution in [0.3, 0.4) is 0 Å². The number of alkyl halides is 1. The van der Waals surface area contributed by atoms with E-state index in [1.165, 1.54) is 5.70 Å². The minimum atomic E-state index is -0.245. The second-order valence-electron chi connectivity index (χ2n) is 8.03. The van der Waals surface area contributed by atoms with Crippen molar-refractivity contribution in [2.24, 2.45) is 4.99 Å². The van der Waals surface area contributed by atoms with Crippen LogP contribution >= 0.6 is 0 Å². The first-order valence-electron chi connectivity index (χ1n) is 10.6. The van der Waals surface area contributed by atoms with Crippen molar-refractivity contribution in [2.45, 2.75) is 18.5 Å². The highest BCUT2D eigenvalue weighted by atomic mass is 19.1. The summed E-state index contributed by atoms with van der Waals surface area (Å²) in [5.74, 6) is 0.658. The van der Waals surface area contributed by atoms with Crippen LogP contribution in [-0.2, 0) is 0 Å². The van der Waals surface area contributed by atoms with Gasteiger partial charge < -0.3 is 20.7 Å². The highest BCUT2D eigenvalue weighted by molar-refractivity contribution is 6.06. The van der Waals surface area contributed by atoms with Crippen LogP contribution < -0.4 is 10.9 Å². The number of aromatic nitrogens is 1. The largest absolute Gasteiger partial charge is 0.412 e. The second kappa shape index (κ2) is 9.03. The second-order valence-corrected chi connectivity index (χ2v) is 8.03. The van der Waals surface area contributed by atoms with Gasteiger partial charge in [0.1, 0.15) is 5.84 Å². The number of fused-ring (bicyclic) bond motifs is 2. The smallest absolute Gasteiger partial charge is 0.260 e. The Bertz CT molecular complexity index is 1040. The van der Waals surface area contributed by atoms with Gasteiger partial charge in [-0.05, 0) is 24.6 Å². The van der Waals surface area contributed by atoms with Crippen molar-refractivity contribution in [3.63, 3.8) is 0 Å². The third-order valence-electron chi connectivity index (χ3n) is 6.13. The fraction of sp³-hybridized carbons (Fsp3) is 0.391. The Hall–Kier alpha value is -2.97. The summed E-state index contributed by atoms with van der Waals surface area (Å²) < 4.78 is 12.4. The first kappa shape index (κ1) is 21.3. The van der Waals surface area contributed by atoms with Gasteiger partial charge in [0.2, 0.25) is 0 Å². The van der Waals surface area contributed by atoms with E-state index in [1.54, 1.807) is 0 Å². The fourth-order valence-electron chi connectivity index (χ4n) is 4.53. The molecular weight excluding hydrogens is 397 g/mol. The molecule has 8 heteroatoms. The van der Waals surface area contributed by atoms with Gasteiger partial charge in [0.15, 0.2) is 0 Å². The van der Waals surface area contributed by atoms with Crippen molar-refractivity contribution < 1.29 is 9.87 Å². The Labute approximate surface area is 180 Å². The molecule has 7 nitrogen and oxygen atoms in total. The fourth-order valence-corrected chi connectivity index (χ4v) is 4.53. The van der Waals surface area contributed by atoms with E-state index in [1.807, 2.05) is 30.3 Å². The standard InChI is InChI=1S/C23H26FN5O.H2O/c24-9-4-10-28-11-13-29(14-12-28)16-7-8-19-20(15-16)26-22(25-19)21-17-5-2-1-3-6-18(17)27-23(21)30;/h1-3,5-8,15,19-20H,4,9-14H2,(H,25,26)(H,27,30);1H2. The van der Waals surface area contributed by atoms with Gasteiger partial charge in [-0.15, -0.1) is 0 Å². The van der Waals surface area contributed by atoms with Crippen LogP contribution in [0.4, 0.5) is 4.39 Å². The van der Waals surface area contributed by atoms with Gasteiger partial charge in [-0.1, -0.05) is 30.3 Å². The quantitative estimate of drug-likeness (QED) is 0.752. The van der Waals surface area contributed by atoms with Crippen LogP contribution in [-0.4, -0.2) is 77.6 Å². The molecule has 0 bridgehead atoms. The number of hydrogen-bond donors (Lipinski definition) is 2. The number of amidine groups is 1. The topological polar surface area (TPSA) is 95.2 Å². The van der Waals surface area contributed by atoms with E-state index >= 15 is 0 Å². The summed E-state index contributed by atoms with van der Waals surface area (Å²) in [6, 6.07) is 9.71. The molecule has 2 aliphatic carbocycles. The van der Waals surface area contributed by atoms with Crippen molar-refractivity contribution in [2.75, 3.05) is 39.4 Å². The molecule has 5 aliphatic rings. The van der Waals surface area contributed by atoms with Gasteiger partial charge in [-0.25, -0.2) is 0 Å². The summed E-state index contributed by atoms with van der Waals surface area (Å²) in [5, 5.41) is 3.47. The van der Waals surface area contributed by atoms with Gasteiger partial charge in [0.05, 0.1) is 24.3 Å². The first-order valence-corrected chi connectivity index (χ1v) is 10.6. The predicted molar refractivity (Wildman–Crippen MR) is 120 cm³/mol. The van der Waals surface area contributed by atoms with E-state index in [9.17, 15) is 9.18 Å². The van der Waals surface area contributed by atoms with Crippen molar-refractivity contribution >= 4 is 5.84 Å². The summed E-state index contributed by atoms with van der Waals surface area (Å²) in [6.45, 7) is 4.39. The molecule has 0 aromatic heterocycles. The number of rotatable bonds is 5. The van der Waals surface area contributed by atoms with E-state index in [2.05, 4.69) is 38.3 Å². The maximum atomic E-state index is 12.6. The molecule has 4 N–H and O–H groups in total. The highest BCUT2D eigenvalue weighted by Gasteiger charge is 2.32. The van der Waals surface area contributed by atoms with Crippen LogP contribution in [0.25, 0.3) is 11.3 Å². The zero-order valence-electron chi connectivity index (χ0n) is 17.4. The van der Waals surface area contributed by atoms with E-state index in [4.69, 9.17) is 4.99 Å². The molecule has 2 unspecified atom stereocenters. The van der Waals surface area contributed by atoms with Crippen LogP contribution in [0, 0.1) is 0 Å². The zero-order chi connectivity index (χ0) is 20.5. The van der Waals surface area contributed by atoms with E-state index < -0.39 is 0 Å². The van der Waals surface area contributed by atoms with E-state index in [0.717, 1.165) is 44.0 Å². The van der Waals surface area contributed by atoms with Gasteiger partial charge in [0.25, 0.3) is 5.56 Å². The molecule has 3 aliphatic heterocycles. The third-order valence-corrected chi connectivity index (χ3v) is 6.13.